The summed E-state index contributed by atoms with van der Waals surface area (Å²) in [4.78, 5) is 13.4. The molecule has 2 saturated heterocycles. The molecule has 0 unspecified atom stereocenters. The van der Waals surface area contributed by atoms with Gasteiger partial charge < -0.3 is 15.0 Å². The molecule has 1 amide bonds. The number of nitrogens with one attached hydrogen (secondary N) is 1. The van der Waals surface area contributed by atoms with Gasteiger partial charge in [-0.1, -0.05) is 6.92 Å². The fourth-order valence-electron chi connectivity index (χ4n) is 2.10. The standard InChI is InChI=1S/C11H20N2O2/c1-2-11(14)13-5-3-9(4-6-13)15-10-7-12-8-10/h9-10,12H,2-8H2,1H3. The maximum Gasteiger partial charge on any atom is 0.222 e. The Labute approximate surface area is 91.0 Å². The maximum atomic E-state index is 11.4. The van der Waals surface area contributed by atoms with Crippen LogP contribution in [0.1, 0.15) is 26.2 Å². The van der Waals surface area contributed by atoms with Crippen LogP contribution in [0.5, 0.6) is 0 Å². The second kappa shape index (κ2) is 4.94. The molecule has 2 aliphatic heterocycles. The Hall–Kier alpha value is -0.610. The first-order valence-corrected chi connectivity index (χ1v) is 5.93. The van der Waals surface area contributed by atoms with Crippen molar-refractivity contribution in [3.63, 3.8) is 0 Å². The summed E-state index contributed by atoms with van der Waals surface area (Å²) in [6.45, 7) is 5.65. The van der Waals surface area contributed by atoms with Crippen LogP contribution in [0.4, 0.5) is 0 Å². The lowest BCUT2D eigenvalue weighted by Crippen LogP contribution is -2.51. The monoisotopic (exact) mass is 212 g/mol. The van der Waals surface area contributed by atoms with Gasteiger partial charge in [0.2, 0.25) is 5.91 Å². The Morgan fingerprint density at radius 3 is 2.47 bits per heavy atom. The van der Waals surface area contributed by atoms with Crippen molar-refractivity contribution < 1.29 is 9.53 Å². The first-order valence-electron chi connectivity index (χ1n) is 5.93. The molecule has 2 heterocycles. The van der Waals surface area contributed by atoms with Crippen LogP contribution >= 0.6 is 0 Å². The number of ether oxygens (including phenoxy) is 1. The molecule has 4 nitrogen and oxygen atoms in total. The number of hydrogen-bond acceptors (Lipinski definition) is 3. The first kappa shape index (κ1) is 10.9. The second-order valence-corrected chi connectivity index (χ2v) is 4.35. The van der Waals surface area contributed by atoms with Crippen LogP contribution in [-0.4, -0.2) is 49.2 Å². The van der Waals surface area contributed by atoms with E-state index in [0.29, 0.717) is 18.6 Å². The molecule has 0 bridgehead atoms. The number of nitrogens with zero attached hydrogens (tertiary/aromatic N) is 1. The summed E-state index contributed by atoms with van der Waals surface area (Å²) in [5.41, 5.74) is 0. The van der Waals surface area contributed by atoms with Gasteiger partial charge in [0, 0.05) is 32.6 Å². The molecule has 0 atom stereocenters. The van der Waals surface area contributed by atoms with Gasteiger partial charge in [0.1, 0.15) is 0 Å². The predicted octanol–water partition coefficient (Wildman–Crippen LogP) is 0.376. The molecule has 0 aromatic carbocycles. The van der Waals surface area contributed by atoms with E-state index in [1.54, 1.807) is 0 Å². The molecule has 15 heavy (non-hydrogen) atoms. The SMILES string of the molecule is CCC(=O)N1CCC(OC2CNC2)CC1. The number of rotatable bonds is 3. The zero-order chi connectivity index (χ0) is 10.7. The summed E-state index contributed by atoms with van der Waals surface area (Å²) in [7, 11) is 0. The van der Waals surface area contributed by atoms with E-state index in [1.165, 1.54) is 0 Å². The average molecular weight is 212 g/mol. The fraction of sp³-hybridized carbons (Fsp3) is 0.909. The van der Waals surface area contributed by atoms with E-state index in [9.17, 15) is 4.79 Å². The Balaban J connectivity index is 1.69. The van der Waals surface area contributed by atoms with Crippen molar-refractivity contribution in [2.24, 2.45) is 0 Å². The molecular formula is C11H20N2O2. The van der Waals surface area contributed by atoms with Crippen LogP contribution in [0.3, 0.4) is 0 Å². The van der Waals surface area contributed by atoms with Crippen molar-refractivity contribution >= 4 is 5.91 Å². The summed E-state index contributed by atoms with van der Waals surface area (Å²) >= 11 is 0. The van der Waals surface area contributed by atoms with Crippen molar-refractivity contribution in [1.82, 2.24) is 10.2 Å². The normalized spacial score (nSPS) is 23.9. The number of hydrogen-bond donors (Lipinski definition) is 1. The molecule has 0 aromatic rings. The minimum absolute atomic E-state index is 0.277. The van der Waals surface area contributed by atoms with E-state index in [4.69, 9.17) is 4.74 Å². The molecule has 2 rings (SSSR count). The van der Waals surface area contributed by atoms with Crippen molar-refractivity contribution in [2.75, 3.05) is 26.2 Å². The summed E-state index contributed by atoms with van der Waals surface area (Å²) in [6, 6.07) is 0. The highest BCUT2D eigenvalue weighted by atomic mass is 16.5. The van der Waals surface area contributed by atoms with Gasteiger partial charge in [-0.05, 0) is 12.8 Å². The van der Waals surface area contributed by atoms with Crippen LogP contribution in [0, 0.1) is 0 Å². The highest BCUT2D eigenvalue weighted by Crippen LogP contribution is 2.17. The number of amides is 1. The van der Waals surface area contributed by atoms with Crippen molar-refractivity contribution in [3.8, 4) is 0 Å². The molecule has 0 saturated carbocycles. The van der Waals surface area contributed by atoms with Crippen LogP contribution in [0.15, 0.2) is 0 Å². The minimum atomic E-state index is 0.277. The third kappa shape index (κ3) is 2.69. The molecule has 2 aliphatic rings. The van der Waals surface area contributed by atoms with Crippen LogP contribution < -0.4 is 5.32 Å². The molecule has 1 N–H and O–H groups in total. The van der Waals surface area contributed by atoms with E-state index in [-0.39, 0.29) is 5.91 Å². The molecule has 4 heteroatoms. The van der Waals surface area contributed by atoms with Crippen molar-refractivity contribution in [3.05, 3.63) is 0 Å². The highest BCUT2D eigenvalue weighted by Gasteiger charge is 2.26. The molecule has 2 fully saturated rings. The Bertz CT molecular complexity index is 221. The van der Waals surface area contributed by atoms with Gasteiger partial charge in [0.25, 0.3) is 0 Å². The highest BCUT2D eigenvalue weighted by molar-refractivity contribution is 5.75. The predicted molar refractivity (Wildman–Crippen MR) is 57.6 cm³/mol. The second-order valence-electron chi connectivity index (χ2n) is 4.35. The van der Waals surface area contributed by atoms with Gasteiger partial charge >= 0.3 is 0 Å². The van der Waals surface area contributed by atoms with Gasteiger partial charge in [0.15, 0.2) is 0 Å². The molecule has 86 valence electrons. The topological polar surface area (TPSA) is 41.6 Å². The van der Waals surface area contributed by atoms with E-state index in [1.807, 2.05) is 11.8 Å². The lowest BCUT2D eigenvalue weighted by Gasteiger charge is -2.36. The van der Waals surface area contributed by atoms with Gasteiger partial charge in [-0.15, -0.1) is 0 Å². The van der Waals surface area contributed by atoms with Gasteiger partial charge in [-0.2, -0.15) is 0 Å². The quantitative estimate of drug-likeness (QED) is 0.735. The van der Waals surface area contributed by atoms with E-state index in [2.05, 4.69) is 5.32 Å². The molecule has 0 aliphatic carbocycles. The fourth-order valence-corrected chi connectivity index (χ4v) is 2.10. The van der Waals surface area contributed by atoms with Gasteiger partial charge in [-0.25, -0.2) is 0 Å². The number of carbonyl (C=O) groups is 1. The summed E-state index contributed by atoms with van der Waals surface area (Å²) < 4.78 is 5.89. The number of piperidine rings is 1. The Morgan fingerprint density at radius 2 is 2.00 bits per heavy atom. The van der Waals surface area contributed by atoms with Crippen LogP contribution in [-0.2, 0) is 9.53 Å². The number of likely N-dealkylation sites (tertiary alicyclic amines) is 1. The van der Waals surface area contributed by atoms with Gasteiger partial charge in [0.05, 0.1) is 12.2 Å². The van der Waals surface area contributed by atoms with Crippen molar-refractivity contribution in [1.29, 1.82) is 0 Å². The van der Waals surface area contributed by atoms with Crippen LogP contribution in [0.2, 0.25) is 0 Å². The summed E-state index contributed by atoms with van der Waals surface area (Å²) in [5.74, 6) is 0.277. The Kier molecular flexibility index (Phi) is 3.59. The largest absolute Gasteiger partial charge is 0.372 e. The van der Waals surface area contributed by atoms with Crippen molar-refractivity contribution in [2.45, 2.75) is 38.4 Å². The molecule has 0 aromatic heterocycles. The number of carbonyl (C=O) groups excluding carboxylic acids is 1. The zero-order valence-electron chi connectivity index (χ0n) is 9.37. The molecule has 0 radical (unpaired) electrons. The smallest absolute Gasteiger partial charge is 0.222 e. The Morgan fingerprint density at radius 1 is 1.33 bits per heavy atom. The molecule has 0 spiro atoms. The molecular weight excluding hydrogens is 192 g/mol. The van der Waals surface area contributed by atoms with E-state index < -0.39 is 0 Å². The summed E-state index contributed by atoms with van der Waals surface area (Å²) in [5, 5.41) is 3.20. The average Bonchev–Trinajstić information content (AvgIpc) is 2.23. The first-order chi connectivity index (χ1) is 7.29. The third-order valence-corrected chi connectivity index (χ3v) is 3.23. The zero-order valence-corrected chi connectivity index (χ0v) is 9.37. The van der Waals surface area contributed by atoms with E-state index in [0.717, 1.165) is 39.0 Å². The minimum Gasteiger partial charge on any atom is -0.372 e. The van der Waals surface area contributed by atoms with Crippen LogP contribution in [0.25, 0.3) is 0 Å². The van der Waals surface area contributed by atoms with Gasteiger partial charge in [-0.3, -0.25) is 4.79 Å². The third-order valence-electron chi connectivity index (χ3n) is 3.23. The lowest BCUT2D eigenvalue weighted by molar-refractivity contribution is -0.134. The maximum absolute atomic E-state index is 11.4. The lowest BCUT2D eigenvalue weighted by atomic mass is 10.1. The summed E-state index contributed by atoms with van der Waals surface area (Å²) in [6.07, 6.45) is 3.42. The van der Waals surface area contributed by atoms with E-state index >= 15 is 0 Å².